The lowest BCUT2D eigenvalue weighted by Gasteiger charge is -2.34. The van der Waals surface area contributed by atoms with Crippen molar-refractivity contribution in [2.24, 2.45) is 0 Å². The number of piperidine rings is 1. The highest BCUT2D eigenvalue weighted by atomic mass is 32.1. The fourth-order valence-corrected chi connectivity index (χ4v) is 6.01. The lowest BCUT2D eigenvalue weighted by atomic mass is 10.1. The number of thiazole rings is 1. The molecule has 1 aliphatic heterocycles. The Balaban J connectivity index is 1.26. The third kappa shape index (κ3) is 8.07. The first-order valence-corrected chi connectivity index (χ1v) is 16.6. The number of carbonyl (C=O) groups is 2. The first kappa shape index (κ1) is 33.2. The standard InChI is InChI=1S/C35H36N8O5S/c1-35(2,3)48-34(45)42-17-5-6-24(21-42)39-30-29-28(15-16-37-31(29)43(41-30)20-22-7-11-25(46-4)12-8-22)47-26-13-9-23(10-14-26)32(44)40-33-38-19-27(18-36)49-33/h7-16,19,24H,5-6,17,20-21H2,1-4H3,(H,39,41)(H,38,40,44)/t24-/m1/s1. The second-order valence-corrected chi connectivity index (χ2v) is 13.5. The Morgan fingerprint density at radius 2 is 1.82 bits per heavy atom. The number of likely N-dealkylation sites (tertiary alicyclic amines) is 1. The van der Waals surface area contributed by atoms with Crippen molar-refractivity contribution in [1.29, 1.82) is 5.26 Å². The summed E-state index contributed by atoms with van der Waals surface area (Å²) in [5.74, 6) is 2.02. The zero-order valence-electron chi connectivity index (χ0n) is 27.6. The molecule has 5 aromatic rings. The number of hydrogen-bond donors (Lipinski definition) is 2. The van der Waals surface area contributed by atoms with E-state index in [0.29, 0.717) is 63.6 Å². The maximum absolute atomic E-state index is 12.9. The molecule has 1 fully saturated rings. The molecule has 2 N–H and O–H groups in total. The number of nitrogens with zero attached hydrogens (tertiary/aromatic N) is 6. The molecule has 0 bridgehead atoms. The summed E-state index contributed by atoms with van der Waals surface area (Å²) in [7, 11) is 1.63. The molecule has 2 aromatic carbocycles. The smallest absolute Gasteiger partial charge is 0.410 e. The van der Waals surface area contributed by atoms with E-state index in [0.717, 1.165) is 35.5 Å². The number of nitriles is 1. The molecule has 0 radical (unpaired) electrons. The van der Waals surface area contributed by atoms with Crippen LogP contribution >= 0.6 is 11.3 Å². The first-order valence-electron chi connectivity index (χ1n) is 15.8. The van der Waals surface area contributed by atoms with Gasteiger partial charge < -0.3 is 24.4 Å². The van der Waals surface area contributed by atoms with E-state index < -0.39 is 5.60 Å². The van der Waals surface area contributed by atoms with Crippen molar-refractivity contribution in [3.05, 3.63) is 83.0 Å². The maximum atomic E-state index is 12.9. The number of pyridine rings is 1. The second kappa shape index (κ2) is 14.2. The normalized spacial score (nSPS) is 14.6. The molecule has 49 heavy (non-hydrogen) atoms. The summed E-state index contributed by atoms with van der Waals surface area (Å²) in [6, 6.07) is 18.2. The van der Waals surface area contributed by atoms with E-state index in [1.807, 2.05) is 55.8 Å². The Labute approximate surface area is 287 Å². The molecule has 14 heteroatoms. The first-order chi connectivity index (χ1) is 23.6. The van der Waals surface area contributed by atoms with Gasteiger partial charge in [0.05, 0.1) is 19.9 Å². The molecule has 0 unspecified atom stereocenters. The van der Waals surface area contributed by atoms with Gasteiger partial charge in [-0.15, -0.1) is 0 Å². The quantitative estimate of drug-likeness (QED) is 0.172. The van der Waals surface area contributed by atoms with E-state index in [-0.39, 0.29) is 18.0 Å². The minimum Gasteiger partial charge on any atom is -0.497 e. The summed E-state index contributed by atoms with van der Waals surface area (Å²) < 4.78 is 19.2. The number of rotatable bonds is 9. The van der Waals surface area contributed by atoms with Crippen LogP contribution in [0.2, 0.25) is 0 Å². The van der Waals surface area contributed by atoms with Crippen molar-refractivity contribution in [3.8, 4) is 23.3 Å². The van der Waals surface area contributed by atoms with Crippen molar-refractivity contribution in [2.75, 3.05) is 30.8 Å². The molecule has 252 valence electrons. The number of aromatic nitrogens is 4. The van der Waals surface area contributed by atoms with Gasteiger partial charge in [-0.05, 0) is 75.6 Å². The van der Waals surface area contributed by atoms with Crippen LogP contribution in [0.4, 0.5) is 15.7 Å². The summed E-state index contributed by atoms with van der Waals surface area (Å²) >= 11 is 1.10. The number of anilines is 2. The number of ether oxygens (including phenoxy) is 3. The lowest BCUT2D eigenvalue weighted by Crippen LogP contribution is -2.47. The van der Waals surface area contributed by atoms with E-state index in [1.54, 1.807) is 48.5 Å². The topological polar surface area (TPSA) is 157 Å². The second-order valence-electron chi connectivity index (χ2n) is 12.5. The van der Waals surface area contributed by atoms with Crippen LogP contribution in [-0.2, 0) is 11.3 Å². The van der Waals surface area contributed by atoms with Gasteiger partial charge in [0.1, 0.15) is 39.2 Å². The number of nitrogens with one attached hydrogen (secondary N) is 2. The number of carbonyl (C=O) groups excluding carboxylic acids is 2. The fourth-order valence-electron chi connectivity index (χ4n) is 5.41. The third-order valence-corrected chi connectivity index (χ3v) is 8.50. The average molecular weight is 681 g/mol. The van der Waals surface area contributed by atoms with Crippen LogP contribution in [0, 0.1) is 11.3 Å². The fraction of sp³-hybridized carbons (Fsp3) is 0.314. The van der Waals surface area contributed by atoms with Gasteiger partial charge in [0.2, 0.25) is 0 Å². The Hall–Kier alpha value is -5.68. The van der Waals surface area contributed by atoms with Gasteiger partial charge in [-0.25, -0.2) is 19.4 Å². The summed E-state index contributed by atoms with van der Waals surface area (Å²) in [5.41, 5.74) is 1.44. The minimum atomic E-state index is -0.586. The third-order valence-electron chi connectivity index (χ3n) is 7.68. The largest absolute Gasteiger partial charge is 0.497 e. The molecule has 4 heterocycles. The van der Waals surface area contributed by atoms with Crippen molar-refractivity contribution in [2.45, 2.75) is 51.8 Å². The summed E-state index contributed by atoms with van der Waals surface area (Å²) in [5, 5.41) is 21.3. The van der Waals surface area contributed by atoms with E-state index >= 15 is 0 Å². The molecule has 6 rings (SSSR count). The minimum absolute atomic E-state index is 0.0817. The van der Waals surface area contributed by atoms with E-state index in [1.165, 1.54) is 6.20 Å². The van der Waals surface area contributed by atoms with Gasteiger partial charge in [0.15, 0.2) is 16.6 Å². The molecule has 1 atom stereocenters. The van der Waals surface area contributed by atoms with Crippen LogP contribution in [0.5, 0.6) is 17.2 Å². The van der Waals surface area contributed by atoms with Gasteiger partial charge in [-0.1, -0.05) is 23.5 Å². The Morgan fingerprint density at radius 1 is 1.06 bits per heavy atom. The molecular formula is C35H36N8O5S. The number of benzene rings is 2. The number of methoxy groups -OCH3 is 1. The van der Waals surface area contributed by atoms with Crippen LogP contribution in [-0.4, -0.2) is 68.5 Å². The van der Waals surface area contributed by atoms with Gasteiger partial charge in [-0.2, -0.15) is 10.4 Å². The van der Waals surface area contributed by atoms with Gasteiger partial charge in [0, 0.05) is 37.0 Å². The molecule has 3 aromatic heterocycles. The Morgan fingerprint density at radius 3 is 2.51 bits per heavy atom. The molecule has 2 amide bonds. The number of amides is 2. The SMILES string of the molecule is COc1ccc(Cn2nc(N[C@@H]3CCCN(C(=O)OC(C)(C)C)C3)c3c(Oc4ccc(C(=O)Nc5ncc(C#N)s5)cc4)ccnc32)cc1. The molecule has 13 nitrogen and oxygen atoms in total. The van der Waals surface area contributed by atoms with Crippen LogP contribution in [0.25, 0.3) is 11.0 Å². The molecular weight excluding hydrogens is 645 g/mol. The van der Waals surface area contributed by atoms with Crippen molar-refractivity contribution in [1.82, 2.24) is 24.6 Å². The van der Waals surface area contributed by atoms with Crippen LogP contribution < -0.4 is 20.1 Å². The number of fused-ring (bicyclic) bond motifs is 1. The number of hydrogen-bond acceptors (Lipinski definition) is 11. The summed E-state index contributed by atoms with van der Waals surface area (Å²) in [4.78, 5) is 36.5. The summed E-state index contributed by atoms with van der Waals surface area (Å²) in [6.45, 7) is 7.11. The molecule has 0 saturated carbocycles. The van der Waals surface area contributed by atoms with Gasteiger partial charge in [-0.3, -0.25) is 10.1 Å². The van der Waals surface area contributed by atoms with Crippen molar-refractivity contribution >= 4 is 45.3 Å². The van der Waals surface area contributed by atoms with E-state index in [9.17, 15) is 9.59 Å². The molecule has 0 aliphatic carbocycles. The van der Waals surface area contributed by atoms with E-state index in [2.05, 4.69) is 20.6 Å². The zero-order valence-corrected chi connectivity index (χ0v) is 28.4. The lowest BCUT2D eigenvalue weighted by molar-refractivity contribution is 0.0206. The molecule has 0 spiro atoms. The van der Waals surface area contributed by atoms with Gasteiger partial charge >= 0.3 is 6.09 Å². The monoisotopic (exact) mass is 680 g/mol. The van der Waals surface area contributed by atoms with Gasteiger partial charge in [0.25, 0.3) is 5.91 Å². The highest BCUT2D eigenvalue weighted by Crippen LogP contribution is 2.35. The van der Waals surface area contributed by atoms with Crippen LogP contribution in [0.15, 0.2) is 67.0 Å². The van der Waals surface area contributed by atoms with Crippen LogP contribution in [0.3, 0.4) is 0 Å². The molecule has 1 aliphatic rings. The maximum Gasteiger partial charge on any atom is 0.410 e. The highest BCUT2D eigenvalue weighted by Gasteiger charge is 2.29. The van der Waals surface area contributed by atoms with Crippen molar-refractivity contribution < 1.29 is 23.8 Å². The average Bonchev–Trinajstić information content (AvgIpc) is 3.69. The zero-order chi connectivity index (χ0) is 34.5. The molecule has 1 saturated heterocycles. The van der Waals surface area contributed by atoms with Crippen LogP contribution in [0.1, 0.15) is 54.4 Å². The Kier molecular flexibility index (Phi) is 9.63. The predicted molar refractivity (Wildman–Crippen MR) is 185 cm³/mol. The highest BCUT2D eigenvalue weighted by molar-refractivity contribution is 7.16. The predicted octanol–water partition coefficient (Wildman–Crippen LogP) is 6.67. The Bertz CT molecular complexity index is 1990. The van der Waals surface area contributed by atoms with E-state index in [4.69, 9.17) is 24.6 Å². The van der Waals surface area contributed by atoms with Crippen molar-refractivity contribution in [3.63, 3.8) is 0 Å². The summed E-state index contributed by atoms with van der Waals surface area (Å²) in [6.07, 6.45) is 4.40.